The van der Waals surface area contributed by atoms with E-state index >= 15 is 0 Å². The number of nitrogens with zero attached hydrogens (tertiary/aromatic N) is 2. The van der Waals surface area contributed by atoms with Crippen molar-refractivity contribution in [2.24, 2.45) is 10.9 Å². The summed E-state index contributed by atoms with van der Waals surface area (Å²) >= 11 is 0. The van der Waals surface area contributed by atoms with E-state index in [2.05, 4.69) is 10.5 Å². The topological polar surface area (TPSA) is 133 Å². The van der Waals surface area contributed by atoms with Crippen molar-refractivity contribution in [3.63, 3.8) is 0 Å². The van der Waals surface area contributed by atoms with Crippen molar-refractivity contribution in [1.29, 1.82) is 0 Å². The Morgan fingerprint density at radius 2 is 1.74 bits per heavy atom. The number of carbonyl (C=O) groups excluding carboxylic acids is 1. The molecule has 0 saturated carbocycles. The maximum atomic E-state index is 13.7. The third-order valence-electron chi connectivity index (χ3n) is 5.05. The molecule has 0 atom stereocenters. The highest BCUT2D eigenvalue weighted by atomic mass is 32.2. The Labute approximate surface area is 191 Å². The molecule has 0 bridgehead atoms. The van der Waals surface area contributed by atoms with Gasteiger partial charge in [-0.05, 0) is 59.8 Å². The van der Waals surface area contributed by atoms with Crippen molar-refractivity contribution in [2.75, 3.05) is 12.4 Å². The molecule has 0 radical (unpaired) electrons. The van der Waals surface area contributed by atoms with Crippen LogP contribution >= 0.6 is 0 Å². The van der Waals surface area contributed by atoms with Crippen molar-refractivity contribution in [3.05, 3.63) is 82.9 Å². The number of hydrogen-bond acceptors (Lipinski definition) is 7. The largest absolute Gasteiger partial charge is 0.497 e. The third kappa shape index (κ3) is 3.83. The maximum absolute atomic E-state index is 13.7. The maximum Gasteiger partial charge on any atom is 0.268 e. The first-order valence-electron chi connectivity index (χ1n) is 9.60. The fourth-order valence-corrected chi connectivity index (χ4v) is 4.98. The molecule has 3 aromatic carbocycles. The normalized spacial score (nSPS) is 11.4. The summed E-state index contributed by atoms with van der Waals surface area (Å²) in [5.41, 5.74) is 4.86. The van der Waals surface area contributed by atoms with Gasteiger partial charge in [0.25, 0.3) is 15.9 Å². The predicted molar refractivity (Wildman–Crippen MR) is 121 cm³/mol. The zero-order valence-electron chi connectivity index (χ0n) is 17.5. The summed E-state index contributed by atoms with van der Waals surface area (Å²) in [5.74, 6) is -2.84. The Morgan fingerprint density at radius 3 is 2.32 bits per heavy atom. The number of halogens is 2. The summed E-state index contributed by atoms with van der Waals surface area (Å²) in [4.78, 5) is 23.6. The van der Waals surface area contributed by atoms with Crippen molar-refractivity contribution in [2.45, 2.75) is 4.90 Å². The number of hydrogen-bond donors (Lipinski definition) is 2. The van der Waals surface area contributed by atoms with Gasteiger partial charge in [0.2, 0.25) is 0 Å². The van der Waals surface area contributed by atoms with Crippen LogP contribution in [0.2, 0.25) is 0 Å². The Kier molecular flexibility index (Phi) is 5.75. The molecular weight excluding hydrogens is 470 g/mol. The monoisotopic (exact) mass is 486 g/mol. The summed E-state index contributed by atoms with van der Waals surface area (Å²) in [5, 5.41) is 5.81. The lowest BCUT2D eigenvalue weighted by Crippen LogP contribution is -2.22. The van der Waals surface area contributed by atoms with E-state index in [1.165, 1.54) is 55.6 Å². The van der Waals surface area contributed by atoms with Gasteiger partial charge in [-0.2, -0.15) is 0 Å². The molecule has 9 nitrogen and oxygen atoms in total. The first kappa shape index (κ1) is 22.9. The second kappa shape index (κ2) is 8.56. The van der Waals surface area contributed by atoms with Crippen molar-refractivity contribution < 1.29 is 26.7 Å². The van der Waals surface area contributed by atoms with Crippen LogP contribution in [0.15, 0.2) is 70.7 Å². The van der Waals surface area contributed by atoms with Crippen LogP contribution in [0, 0.1) is 16.5 Å². The Balaban J connectivity index is 1.98. The molecule has 0 saturated heterocycles. The lowest BCUT2D eigenvalue weighted by atomic mass is 10.1. The molecule has 1 aromatic heterocycles. The van der Waals surface area contributed by atoms with E-state index in [0.29, 0.717) is 9.72 Å². The molecule has 1 heterocycles. The van der Waals surface area contributed by atoms with E-state index in [-0.39, 0.29) is 32.9 Å². The number of fused-ring (bicyclic) bond motifs is 1. The number of aromatic nitrogens is 1. The highest BCUT2D eigenvalue weighted by molar-refractivity contribution is 7.90. The molecular formula is C22H16F2N4O5S. The van der Waals surface area contributed by atoms with E-state index in [0.717, 1.165) is 12.1 Å². The van der Waals surface area contributed by atoms with E-state index in [1.54, 1.807) is 0 Å². The molecule has 1 amide bonds. The number of nitrogens with two attached hydrogens (primary N) is 1. The minimum atomic E-state index is -4.43. The summed E-state index contributed by atoms with van der Waals surface area (Å²) in [6.07, 6.45) is 0. The van der Waals surface area contributed by atoms with Crippen LogP contribution in [0.1, 0.15) is 10.5 Å². The van der Waals surface area contributed by atoms with Gasteiger partial charge in [-0.25, -0.2) is 21.2 Å². The number of nitrogens with one attached hydrogen (secondary N) is 1. The molecule has 0 aliphatic rings. The van der Waals surface area contributed by atoms with E-state index in [1.807, 2.05) is 0 Å². The van der Waals surface area contributed by atoms with Crippen LogP contribution in [0.4, 0.5) is 25.8 Å². The van der Waals surface area contributed by atoms with Gasteiger partial charge >= 0.3 is 0 Å². The zero-order chi connectivity index (χ0) is 24.6. The van der Waals surface area contributed by atoms with Gasteiger partial charge in [0.05, 0.1) is 17.5 Å². The highest BCUT2D eigenvalue weighted by Gasteiger charge is 2.28. The van der Waals surface area contributed by atoms with Gasteiger partial charge in [-0.3, -0.25) is 4.79 Å². The van der Waals surface area contributed by atoms with Crippen LogP contribution in [0.25, 0.3) is 10.9 Å². The van der Waals surface area contributed by atoms with Crippen molar-refractivity contribution in [1.82, 2.24) is 3.97 Å². The third-order valence-corrected chi connectivity index (χ3v) is 6.77. The standard InChI is InChI=1S/C22H16F2N4O5S/c1-33-13-3-5-14(6-4-13)34(31,32)28-20(22(25)29)11-15-18(8-9-19(27-30)21(15)28)26-12-2-7-16(23)17(24)10-12/h2-11,26H,1H3,(H2,25,29). The minimum Gasteiger partial charge on any atom is -0.497 e. The predicted octanol–water partition coefficient (Wildman–Crippen LogP) is 4.41. The molecule has 0 fully saturated rings. The number of anilines is 2. The van der Waals surface area contributed by atoms with Crippen LogP contribution in [-0.4, -0.2) is 25.4 Å². The molecule has 4 rings (SSSR count). The van der Waals surface area contributed by atoms with Crippen molar-refractivity contribution >= 4 is 43.9 Å². The first-order chi connectivity index (χ1) is 16.2. The second-order valence-electron chi connectivity index (χ2n) is 7.08. The number of amides is 1. The number of primary amides is 1. The summed E-state index contributed by atoms with van der Waals surface area (Å²) < 4.78 is 59.7. The molecule has 12 heteroatoms. The van der Waals surface area contributed by atoms with Gasteiger partial charge in [0, 0.05) is 22.8 Å². The summed E-state index contributed by atoms with van der Waals surface area (Å²) in [6, 6.07) is 12.2. The highest BCUT2D eigenvalue weighted by Crippen LogP contribution is 2.38. The van der Waals surface area contributed by atoms with E-state index in [9.17, 15) is 26.9 Å². The first-order valence-corrected chi connectivity index (χ1v) is 11.0. The Hall–Kier alpha value is -4.32. The van der Waals surface area contributed by atoms with Gasteiger partial charge in [0.1, 0.15) is 17.1 Å². The Bertz CT molecular complexity index is 1550. The zero-order valence-corrected chi connectivity index (χ0v) is 18.3. The quantitative estimate of drug-likeness (QED) is 0.372. The molecule has 0 aliphatic carbocycles. The lowest BCUT2D eigenvalue weighted by Gasteiger charge is -2.13. The fraction of sp³-hybridized carbons (Fsp3) is 0.0455. The molecule has 34 heavy (non-hydrogen) atoms. The molecule has 4 aromatic rings. The van der Waals surface area contributed by atoms with Crippen LogP contribution in [0.3, 0.4) is 0 Å². The average molecular weight is 486 g/mol. The lowest BCUT2D eigenvalue weighted by molar-refractivity contribution is 0.0995. The molecule has 174 valence electrons. The fourth-order valence-electron chi connectivity index (χ4n) is 3.46. The molecule has 0 aliphatic heterocycles. The minimum absolute atomic E-state index is 0.0905. The van der Waals surface area contributed by atoms with Crippen LogP contribution in [-0.2, 0) is 10.0 Å². The van der Waals surface area contributed by atoms with E-state index < -0.39 is 33.3 Å². The average Bonchev–Trinajstić information content (AvgIpc) is 3.24. The second-order valence-corrected chi connectivity index (χ2v) is 8.87. The number of methoxy groups -OCH3 is 1. The summed E-state index contributed by atoms with van der Waals surface area (Å²) in [7, 11) is -3.02. The SMILES string of the molecule is COc1ccc(S(=O)(=O)n2c(C(N)=O)cc3c(Nc4ccc(F)c(F)c4)ccc(N=O)c32)cc1. The van der Waals surface area contributed by atoms with Gasteiger partial charge in [-0.15, -0.1) is 4.91 Å². The molecule has 0 unspecified atom stereocenters. The van der Waals surface area contributed by atoms with Gasteiger partial charge in [-0.1, -0.05) is 0 Å². The number of ether oxygens (including phenoxy) is 1. The number of rotatable bonds is 7. The van der Waals surface area contributed by atoms with Gasteiger partial charge in [0.15, 0.2) is 11.6 Å². The number of carbonyl (C=O) groups is 1. The smallest absolute Gasteiger partial charge is 0.268 e. The van der Waals surface area contributed by atoms with E-state index in [4.69, 9.17) is 10.5 Å². The van der Waals surface area contributed by atoms with Crippen molar-refractivity contribution in [3.8, 4) is 5.75 Å². The number of nitroso groups, excluding NO2 is 1. The Morgan fingerprint density at radius 1 is 1.03 bits per heavy atom. The summed E-state index contributed by atoms with van der Waals surface area (Å²) in [6.45, 7) is 0. The number of benzene rings is 3. The molecule has 3 N–H and O–H groups in total. The van der Waals surface area contributed by atoms with Crippen LogP contribution in [0.5, 0.6) is 5.75 Å². The van der Waals surface area contributed by atoms with Crippen LogP contribution < -0.4 is 15.8 Å². The molecule has 0 spiro atoms. The van der Waals surface area contributed by atoms with Gasteiger partial charge < -0.3 is 15.8 Å².